The Morgan fingerprint density at radius 1 is 1.00 bits per heavy atom. The first-order chi connectivity index (χ1) is 11.2. The van der Waals surface area contributed by atoms with Crippen molar-refractivity contribution >= 4 is 45.5 Å². The van der Waals surface area contributed by atoms with Gasteiger partial charge < -0.3 is 9.47 Å². The Morgan fingerprint density at radius 3 is 2.26 bits per heavy atom. The summed E-state index contributed by atoms with van der Waals surface area (Å²) in [7, 11) is 0. The highest BCUT2D eigenvalue weighted by Crippen LogP contribution is 2.33. The molecule has 23 heavy (non-hydrogen) atoms. The summed E-state index contributed by atoms with van der Waals surface area (Å²) in [5, 5.41) is 1.03. The van der Waals surface area contributed by atoms with E-state index >= 15 is 0 Å². The standard InChI is InChI=1S/C18H18O4S/c1-3-21-17(19)11-9-14-13-7-5-6-8-15(13)23-16(14)10-12-18(20)22-4-2/h5-12H,3-4H2,1-2H3/b11-9+,12-10+. The van der Waals surface area contributed by atoms with Gasteiger partial charge in [-0.2, -0.15) is 0 Å². The fraction of sp³-hybridized carbons (Fsp3) is 0.222. The third-order valence-corrected chi connectivity index (χ3v) is 4.14. The van der Waals surface area contributed by atoms with Crippen molar-refractivity contribution in [2.75, 3.05) is 13.2 Å². The third-order valence-electron chi connectivity index (χ3n) is 2.99. The number of benzene rings is 1. The van der Waals surface area contributed by atoms with Crippen LogP contribution in [0.5, 0.6) is 0 Å². The van der Waals surface area contributed by atoms with Crippen molar-refractivity contribution in [1.82, 2.24) is 0 Å². The van der Waals surface area contributed by atoms with E-state index in [1.165, 1.54) is 12.2 Å². The van der Waals surface area contributed by atoms with Crippen molar-refractivity contribution in [3.8, 4) is 0 Å². The zero-order valence-electron chi connectivity index (χ0n) is 13.1. The Bertz CT molecular complexity index is 755. The van der Waals surface area contributed by atoms with E-state index in [-0.39, 0.29) is 11.9 Å². The Kier molecular flexibility index (Phi) is 6.11. The molecule has 0 spiro atoms. The lowest BCUT2D eigenvalue weighted by Gasteiger charge is -1.97. The minimum absolute atomic E-state index is 0.336. The second-order valence-electron chi connectivity index (χ2n) is 4.55. The molecule has 2 aromatic rings. The summed E-state index contributed by atoms with van der Waals surface area (Å²) in [5.74, 6) is -0.770. The van der Waals surface area contributed by atoms with Crippen molar-refractivity contribution in [3.05, 3.63) is 46.9 Å². The van der Waals surface area contributed by atoms with Gasteiger partial charge in [0, 0.05) is 32.7 Å². The Labute approximate surface area is 139 Å². The van der Waals surface area contributed by atoms with Gasteiger partial charge >= 0.3 is 11.9 Å². The fourth-order valence-electron chi connectivity index (χ4n) is 2.06. The minimum atomic E-state index is -0.386. The van der Waals surface area contributed by atoms with Crippen LogP contribution in [0.25, 0.3) is 22.2 Å². The highest BCUT2D eigenvalue weighted by atomic mass is 32.1. The Balaban J connectivity index is 2.37. The van der Waals surface area contributed by atoms with Gasteiger partial charge in [-0.3, -0.25) is 0 Å². The van der Waals surface area contributed by atoms with Crippen LogP contribution in [0, 0.1) is 0 Å². The van der Waals surface area contributed by atoms with Gasteiger partial charge in [0.25, 0.3) is 0 Å². The molecule has 1 aromatic carbocycles. The highest BCUT2D eigenvalue weighted by Gasteiger charge is 2.08. The van der Waals surface area contributed by atoms with Crippen LogP contribution < -0.4 is 0 Å². The van der Waals surface area contributed by atoms with Gasteiger partial charge in [0.1, 0.15) is 0 Å². The smallest absolute Gasteiger partial charge is 0.330 e. The van der Waals surface area contributed by atoms with Gasteiger partial charge in [0.05, 0.1) is 13.2 Å². The summed E-state index contributed by atoms with van der Waals surface area (Å²) in [4.78, 5) is 23.9. The molecule has 2 rings (SSSR count). The number of rotatable bonds is 6. The molecule has 4 nitrogen and oxygen atoms in total. The number of hydrogen-bond donors (Lipinski definition) is 0. The quantitative estimate of drug-likeness (QED) is 0.592. The van der Waals surface area contributed by atoms with Crippen LogP contribution in [0.3, 0.4) is 0 Å². The van der Waals surface area contributed by atoms with E-state index in [0.717, 1.165) is 20.5 Å². The number of ether oxygens (including phenoxy) is 2. The normalized spacial score (nSPS) is 11.4. The van der Waals surface area contributed by atoms with E-state index in [1.807, 2.05) is 24.3 Å². The predicted octanol–water partition coefficient (Wildman–Crippen LogP) is 4.05. The maximum atomic E-state index is 11.5. The zero-order chi connectivity index (χ0) is 16.7. The van der Waals surface area contributed by atoms with E-state index in [4.69, 9.17) is 9.47 Å². The second kappa shape index (κ2) is 8.29. The molecular formula is C18H18O4S. The van der Waals surface area contributed by atoms with Gasteiger partial charge in [-0.15, -0.1) is 11.3 Å². The van der Waals surface area contributed by atoms with E-state index in [0.29, 0.717) is 13.2 Å². The zero-order valence-corrected chi connectivity index (χ0v) is 13.9. The molecule has 0 aliphatic rings. The molecule has 0 saturated heterocycles. The summed E-state index contributed by atoms with van der Waals surface area (Å²) in [5.41, 5.74) is 0.888. The van der Waals surface area contributed by atoms with E-state index < -0.39 is 0 Å². The number of hydrogen-bond acceptors (Lipinski definition) is 5. The molecule has 0 aliphatic carbocycles. The average molecular weight is 330 g/mol. The summed E-state index contributed by atoms with van der Waals surface area (Å²) in [6.07, 6.45) is 6.24. The molecule has 0 bridgehead atoms. The summed E-state index contributed by atoms with van der Waals surface area (Å²) < 4.78 is 10.9. The van der Waals surface area contributed by atoms with Crippen molar-refractivity contribution in [3.63, 3.8) is 0 Å². The Morgan fingerprint density at radius 2 is 1.61 bits per heavy atom. The number of thiophene rings is 1. The van der Waals surface area contributed by atoms with Gasteiger partial charge in [-0.25, -0.2) is 9.59 Å². The number of esters is 2. The second-order valence-corrected chi connectivity index (χ2v) is 5.63. The molecule has 1 aromatic heterocycles. The number of carbonyl (C=O) groups is 2. The van der Waals surface area contributed by atoms with E-state index in [9.17, 15) is 9.59 Å². The first-order valence-electron chi connectivity index (χ1n) is 7.37. The third kappa shape index (κ3) is 4.53. The van der Waals surface area contributed by atoms with E-state index in [2.05, 4.69) is 0 Å². The molecule has 1 heterocycles. The van der Waals surface area contributed by atoms with Crippen molar-refractivity contribution in [2.45, 2.75) is 13.8 Å². The minimum Gasteiger partial charge on any atom is -0.463 e. The molecule has 0 fully saturated rings. The molecule has 0 aliphatic heterocycles. The summed E-state index contributed by atoms with van der Waals surface area (Å²) in [6.45, 7) is 4.20. The van der Waals surface area contributed by atoms with Gasteiger partial charge in [-0.05, 0) is 32.1 Å². The van der Waals surface area contributed by atoms with Crippen molar-refractivity contribution in [1.29, 1.82) is 0 Å². The molecule has 0 unspecified atom stereocenters. The Hall–Kier alpha value is -2.40. The summed E-state index contributed by atoms with van der Waals surface area (Å²) in [6, 6.07) is 7.88. The van der Waals surface area contributed by atoms with Crippen molar-refractivity contribution in [2.24, 2.45) is 0 Å². The maximum absolute atomic E-state index is 11.5. The molecule has 0 radical (unpaired) electrons. The molecular weight excluding hydrogens is 312 g/mol. The van der Waals surface area contributed by atoms with Crippen LogP contribution in [-0.2, 0) is 19.1 Å². The van der Waals surface area contributed by atoms with E-state index in [1.54, 1.807) is 37.3 Å². The van der Waals surface area contributed by atoms with Crippen LogP contribution in [-0.4, -0.2) is 25.2 Å². The lowest BCUT2D eigenvalue weighted by atomic mass is 10.1. The predicted molar refractivity (Wildman–Crippen MR) is 93.2 cm³/mol. The van der Waals surface area contributed by atoms with Crippen LogP contribution in [0.15, 0.2) is 36.4 Å². The molecule has 0 N–H and O–H groups in total. The molecule has 0 amide bonds. The lowest BCUT2D eigenvalue weighted by Crippen LogP contribution is -1.99. The van der Waals surface area contributed by atoms with Crippen molar-refractivity contribution < 1.29 is 19.1 Å². The maximum Gasteiger partial charge on any atom is 0.330 e. The monoisotopic (exact) mass is 330 g/mol. The molecule has 5 heteroatoms. The van der Waals surface area contributed by atoms with Gasteiger partial charge in [0.15, 0.2) is 0 Å². The highest BCUT2D eigenvalue weighted by molar-refractivity contribution is 7.20. The lowest BCUT2D eigenvalue weighted by molar-refractivity contribution is -0.138. The topological polar surface area (TPSA) is 52.6 Å². The first-order valence-corrected chi connectivity index (χ1v) is 8.18. The number of fused-ring (bicyclic) bond motifs is 1. The summed E-state index contributed by atoms with van der Waals surface area (Å²) >= 11 is 1.55. The molecule has 0 saturated carbocycles. The fourth-order valence-corrected chi connectivity index (χ4v) is 3.15. The van der Waals surface area contributed by atoms with Crippen LogP contribution in [0.2, 0.25) is 0 Å². The van der Waals surface area contributed by atoms with Crippen LogP contribution in [0.1, 0.15) is 24.3 Å². The van der Waals surface area contributed by atoms with Crippen LogP contribution >= 0.6 is 11.3 Å². The molecule has 0 atom stereocenters. The molecule has 120 valence electrons. The number of carbonyl (C=O) groups excluding carboxylic acids is 2. The SMILES string of the molecule is CCOC(=O)/C=C/c1sc2ccccc2c1/C=C/C(=O)OCC. The van der Waals surface area contributed by atoms with Crippen LogP contribution in [0.4, 0.5) is 0 Å². The van der Waals surface area contributed by atoms with Gasteiger partial charge in [-0.1, -0.05) is 18.2 Å². The largest absolute Gasteiger partial charge is 0.463 e. The first kappa shape index (κ1) is 17.0. The average Bonchev–Trinajstić information content (AvgIpc) is 2.89. The van der Waals surface area contributed by atoms with Gasteiger partial charge in [0.2, 0.25) is 0 Å².